The Labute approximate surface area is 176 Å². The average molecular weight is 389 g/mol. The SMILES string of the molecule is COc1nc(-c2ccc3ccc4c(c3c2)CCC2=C4C=CCC2)cc2ccccc12. The normalized spacial score (nSPS) is 15.4. The van der Waals surface area contributed by atoms with E-state index in [0.29, 0.717) is 5.88 Å². The van der Waals surface area contributed by atoms with E-state index >= 15 is 0 Å². The number of ether oxygens (including phenoxy) is 1. The summed E-state index contributed by atoms with van der Waals surface area (Å²) in [5, 5.41) is 4.85. The highest BCUT2D eigenvalue weighted by Crippen LogP contribution is 2.41. The molecule has 2 aliphatic rings. The van der Waals surface area contributed by atoms with Gasteiger partial charge in [0.25, 0.3) is 0 Å². The fourth-order valence-corrected chi connectivity index (χ4v) is 5.06. The third-order valence-corrected chi connectivity index (χ3v) is 6.57. The molecule has 0 amide bonds. The van der Waals surface area contributed by atoms with E-state index in [0.717, 1.165) is 28.5 Å². The van der Waals surface area contributed by atoms with Crippen molar-refractivity contribution in [2.24, 2.45) is 0 Å². The lowest BCUT2D eigenvalue weighted by atomic mass is 9.79. The van der Waals surface area contributed by atoms with Crippen LogP contribution in [0.4, 0.5) is 0 Å². The Balaban J connectivity index is 1.55. The summed E-state index contributed by atoms with van der Waals surface area (Å²) in [6, 6.07) is 21.8. The van der Waals surface area contributed by atoms with Crippen LogP contribution in [0.1, 0.15) is 30.4 Å². The summed E-state index contributed by atoms with van der Waals surface area (Å²) in [7, 11) is 1.69. The number of aromatic nitrogens is 1. The Morgan fingerprint density at radius 1 is 0.833 bits per heavy atom. The van der Waals surface area contributed by atoms with Crippen LogP contribution in [0.2, 0.25) is 0 Å². The second-order valence-corrected chi connectivity index (χ2v) is 8.22. The molecule has 0 bridgehead atoms. The number of nitrogens with zero attached hydrogens (tertiary/aromatic N) is 1. The number of hydrogen-bond donors (Lipinski definition) is 0. The number of allylic oxidation sites excluding steroid dienone is 4. The van der Waals surface area contributed by atoms with Crippen LogP contribution in [-0.4, -0.2) is 12.1 Å². The molecule has 2 aliphatic carbocycles. The first-order chi connectivity index (χ1) is 14.8. The van der Waals surface area contributed by atoms with Gasteiger partial charge in [0.05, 0.1) is 12.8 Å². The molecule has 2 nitrogen and oxygen atoms in total. The van der Waals surface area contributed by atoms with Crippen LogP contribution in [0.15, 0.2) is 78.4 Å². The van der Waals surface area contributed by atoms with E-state index in [1.54, 1.807) is 12.7 Å². The van der Waals surface area contributed by atoms with Crippen molar-refractivity contribution in [2.75, 3.05) is 7.11 Å². The Bertz CT molecular complexity index is 1380. The van der Waals surface area contributed by atoms with Crippen LogP contribution in [0.3, 0.4) is 0 Å². The fourth-order valence-electron chi connectivity index (χ4n) is 5.06. The van der Waals surface area contributed by atoms with Crippen LogP contribution in [0.5, 0.6) is 5.88 Å². The Morgan fingerprint density at radius 3 is 2.67 bits per heavy atom. The summed E-state index contributed by atoms with van der Waals surface area (Å²) in [5.41, 5.74) is 8.08. The van der Waals surface area contributed by atoms with Gasteiger partial charge in [0.2, 0.25) is 5.88 Å². The van der Waals surface area contributed by atoms with Crippen LogP contribution in [-0.2, 0) is 6.42 Å². The Kier molecular flexibility index (Phi) is 3.98. The highest BCUT2D eigenvalue weighted by atomic mass is 16.5. The lowest BCUT2D eigenvalue weighted by Crippen LogP contribution is -2.07. The summed E-state index contributed by atoms with van der Waals surface area (Å²) in [6.07, 6.45) is 9.35. The molecule has 6 rings (SSSR count). The maximum atomic E-state index is 5.60. The van der Waals surface area contributed by atoms with Gasteiger partial charge < -0.3 is 4.74 Å². The summed E-state index contributed by atoms with van der Waals surface area (Å²) in [6.45, 7) is 0. The third-order valence-electron chi connectivity index (χ3n) is 6.57. The molecule has 4 aromatic rings. The smallest absolute Gasteiger partial charge is 0.221 e. The Hall–Kier alpha value is -3.39. The zero-order chi connectivity index (χ0) is 20.1. The topological polar surface area (TPSA) is 22.1 Å². The minimum absolute atomic E-state index is 0.681. The molecule has 0 fully saturated rings. The van der Waals surface area contributed by atoms with Crippen molar-refractivity contribution in [2.45, 2.75) is 25.7 Å². The van der Waals surface area contributed by atoms with Crippen LogP contribution < -0.4 is 4.74 Å². The van der Waals surface area contributed by atoms with Crippen LogP contribution in [0.25, 0.3) is 38.4 Å². The maximum Gasteiger partial charge on any atom is 0.221 e. The molecule has 0 aliphatic heterocycles. The predicted octanol–water partition coefficient (Wildman–Crippen LogP) is 7.11. The van der Waals surface area contributed by atoms with Crippen LogP contribution in [0, 0.1) is 0 Å². The fraction of sp³-hybridized carbons (Fsp3) is 0.179. The highest BCUT2D eigenvalue weighted by Gasteiger charge is 2.21. The molecule has 1 heterocycles. The van der Waals surface area contributed by atoms with Gasteiger partial charge in [-0.25, -0.2) is 4.98 Å². The Morgan fingerprint density at radius 2 is 1.73 bits per heavy atom. The van der Waals surface area contributed by atoms with Gasteiger partial charge in [-0.15, -0.1) is 0 Å². The standard InChI is InChI=1S/C28H23NO/c1-30-28-23-9-5-3-7-20(23)17-27(29-28)21-11-10-19-13-14-24-22-8-4-2-6-18(22)12-15-25(24)26(19)16-21/h3-5,7-11,13-14,16-17H,2,6,12,15H2,1H3. The van der Waals surface area contributed by atoms with Gasteiger partial charge in [0, 0.05) is 10.9 Å². The highest BCUT2D eigenvalue weighted by molar-refractivity contribution is 5.97. The second kappa shape index (κ2) is 6.84. The van der Waals surface area contributed by atoms with E-state index in [-0.39, 0.29) is 0 Å². The summed E-state index contributed by atoms with van der Waals surface area (Å²) in [4.78, 5) is 4.83. The van der Waals surface area contributed by atoms with Gasteiger partial charge in [-0.1, -0.05) is 60.2 Å². The molecule has 1 aromatic heterocycles. The van der Waals surface area contributed by atoms with Crippen molar-refractivity contribution < 1.29 is 4.74 Å². The zero-order valence-corrected chi connectivity index (χ0v) is 17.1. The van der Waals surface area contributed by atoms with Gasteiger partial charge in [0.1, 0.15) is 0 Å². The minimum atomic E-state index is 0.681. The number of aryl methyl sites for hydroxylation is 1. The van der Waals surface area contributed by atoms with E-state index in [2.05, 4.69) is 66.7 Å². The van der Waals surface area contributed by atoms with E-state index in [4.69, 9.17) is 9.72 Å². The number of benzene rings is 3. The molecule has 3 aromatic carbocycles. The van der Waals surface area contributed by atoms with E-state index in [9.17, 15) is 0 Å². The minimum Gasteiger partial charge on any atom is -0.481 e. The second-order valence-electron chi connectivity index (χ2n) is 8.22. The predicted molar refractivity (Wildman–Crippen MR) is 125 cm³/mol. The monoisotopic (exact) mass is 389 g/mol. The van der Waals surface area contributed by atoms with E-state index < -0.39 is 0 Å². The first-order valence-electron chi connectivity index (χ1n) is 10.7. The lowest BCUT2D eigenvalue weighted by molar-refractivity contribution is 0.404. The van der Waals surface area contributed by atoms with Crippen molar-refractivity contribution in [3.8, 4) is 17.1 Å². The number of methoxy groups -OCH3 is 1. The first kappa shape index (κ1) is 17.5. The number of fused-ring (bicyclic) bond motifs is 5. The molecule has 2 heteroatoms. The van der Waals surface area contributed by atoms with Gasteiger partial charge in [-0.3, -0.25) is 0 Å². The molecular weight excluding hydrogens is 366 g/mol. The molecule has 0 unspecified atom stereocenters. The van der Waals surface area contributed by atoms with Gasteiger partial charge in [0.15, 0.2) is 0 Å². The third kappa shape index (κ3) is 2.68. The van der Waals surface area contributed by atoms with Crippen molar-refractivity contribution in [1.29, 1.82) is 0 Å². The van der Waals surface area contributed by atoms with Crippen molar-refractivity contribution in [3.05, 3.63) is 89.5 Å². The van der Waals surface area contributed by atoms with Gasteiger partial charge >= 0.3 is 0 Å². The molecule has 30 heavy (non-hydrogen) atoms. The number of hydrogen-bond acceptors (Lipinski definition) is 2. The summed E-state index contributed by atoms with van der Waals surface area (Å²) in [5.74, 6) is 0.681. The van der Waals surface area contributed by atoms with E-state index in [1.165, 1.54) is 46.7 Å². The number of pyridine rings is 1. The van der Waals surface area contributed by atoms with E-state index in [1.807, 2.05) is 6.07 Å². The summed E-state index contributed by atoms with van der Waals surface area (Å²) < 4.78 is 5.60. The molecule has 0 N–H and O–H groups in total. The molecule has 146 valence electrons. The average Bonchev–Trinajstić information content (AvgIpc) is 2.82. The molecule has 0 radical (unpaired) electrons. The van der Waals surface area contributed by atoms with Crippen molar-refractivity contribution in [1.82, 2.24) is 4.98 Å². The van der Waals surface area contributed by atoms with Crippen molar-refractivity contribution >= 4 is 27.1 Å². The maximum absolute atomic E-state index is 5.60. The van der Waals surface area contributed by atoms with Gasteiger partial charge in [-0.05, 0) is 76.7 Å². The largest absolute Gasteiger partial charge is 0.481 e. The summed E-state index contributed by atoms with van der Waals surface area (Å²) >= 11 is 0. The molecule has 0 atom stereocenters. The van der Waals surface area contributed by atoms with Crippen molar-refractivity contribution in [3.63, 3.8) is 0 Å². The van der Waals surface area contributed by atoms with Crippen LogP contribution >= 0.6 is 0 Å². The molecule has 0 saturated heterocycles. The quantitative estimate of drug-likeness (QED) is 0.364. The molecule has 0 saturated carbocycles. The molecule has 0 spiro atoms. The number of rotatable bonds is 2. The van der Waals surface area contributed by atoms with Gasteiger partial charge in [-0.2, -0.15) is 0 Å². The lowest BCUT2D eigenvalue weighted by Gasteiger charge is -2.25. The zero-order valence-electron chi connectivity index (χ0n) is 17.1. The molecular formula is C28H23NO. The first-order valence-corrected chi connectivity index (χ1v) is 10.7.